The molecular formula is C17H19FN2OS. The summed E-state index contributed by atoms with van der Waals surface area (Å²) < 4.78 is 18.0. The Bertz CT molecular complexity index is 614. The van der Waals surface area contributed by atoms with E-state index in [1.165, 1.54) is 12.1 Å². The molecular weight excluding hydrogens is 299 g/mol. The van der Waals surface area contributed by atoms with Crippen LogP contribution in [0.5, 0.6) is 5.75 Å². The fraction of sp³-hybridized carbons (Fsp3) is 0.235. The van der Waals surface area contributed by atoms with E-state index in [9.17, 15) is 4.39 Å². The van der Waals surface area contributed by atoms with Gasteiger partial charge in [0.05, 0.1) is 13.2 Å². The van der Waals surface area contributed by atoms with Crippen LogP contribution in [-0.4, -0.2) is 12.2 Å². The van der Waals surface area contributed by atoms with Crippen molar-refractivity contribution in [1.29, 1.82) is 0 Å². The Kier molecular flexibility index (Phi) is 5.72. The first-order chi connectivity index (χ1) is 10.6. The maximum Gasteiger partial charge on any atom is 0.167 e. The van der Waals surface area contributed by atoms with E-state index in [1.54, 1.807) is 19.2 Å². The highest BCUT2D eigenvalue weighted by molar-refractivity contribution is 7.80. The van der Waals surface area contributed by atoms with Crippen molar-refractivity contribution in [2.24, 2.45) is 0 Å². The highest BCUT2D eigenvalue weighted by Crippen LogP contribution is 2.13. The number of hydrogen-bond acceptors (Lipinski definition) is 2. The van der Waals surface area contributed by atoms with Crippen molar-refractivity contribution in [2.75, 3.05) is 7.11 Å². The molecule has 0 bridgehead atoms. The number of hydrogen-bond donors (Lipinski definition) is 2. The first-order valence-electron chi connectivity index (χ1n) is 7.01. The van der Waals surface area contributed by atoms with Crippen LogP contribution in [0.3, 0.4) is 0 Å². The normalized spacial score (nSPS) is 11.6. The molecule has 0 saturated carbocycles. The smallest absolute Gasteiger partial charge is 0.167 e. The third-order valence-corrected chi connectivity index (χ3v) is 3.59. The molecule has 0 amide bonds. The zero-order valence-corrected chi connectivity index (χ0v) is 13.4. The van der Waals surface area contributed by atoms with Gasteiger partial charge in [-0.3, -0.25) is 0 Å². The first-order valence-corrected chi connectivity index (χ1v) is 7.42. The minimum Gasteiger partial charge on any atom is -0.497 e. The molecule has 1 atom stereocenters. The predicted octanol–water partition coefficient (Wildman–Crippen LogP) is 3.56. The van der Waals surface area contributed by atoms with Crippen molar-refractivity contribution in [3.8, 4) is 5.75 Å². The number of methoxy groups -OCH3 is 1. The van der Waals surface area contributed by atoms with Crippen LogP contribution in [0.1, 0.15) is 24.1 Å². The highest BCUT2D eigenvalue weighted by atomic mass is 32.1. The second-order valence-corrected chi connectivity index (χ2v) is 5.36. The minimum absolute atomic E-state index is 0.0106. The van der Waals surface area contributed by atoms with E-state index in [0.29, 0.717) is 11.7 Å². The fourth-order valence-corrected chi connectivity index (χ4v) is 2.26. The molecule has 0 aliphatic heterocycles. The number of thiocarbonyl (C=S) groups is 1. The maximum atomic E-state index is 12.9. The van der Waals surface area contributed by atoms with Crippen LogP contribution >= 0.6 is 12.2 Å². The van der Waals surface area contributed by atoms with E-state index in [1.807, 2.05) is 31.2 Å². The minimum atomic E-state index is -0.240. The molecule has 0 fully saturated rings. The van der Waals surface area contributed by atoms with Gasteiger partial charge in [-0.15, -0.1) is 0 Å². The van der Waals surface area contributed by atoms with Crippen molar-refractivity contribution in [2.45, 2.75) is 19.5 Å². The molecule has 0 saturated heterocycles. The molecule has 2 N–H and O–H groups in total. The Labute approximate surface area is 135 Å². The van der Waals surface area contributed by atoms with Crippen LogP contribution in [0.2, 0.25) is 0 Å². The molecule has 0 aliphatic carbocycles. The van der Waals surface area contributed by atoms with E-state index >= 15 is 0 Å². The Morgan fingerprint density at radius 2 is 1.77 bits per heavy atom. The average Bonchev–Trinajstić information content (AvgIpc) is 2.54. The van der Waals surface area contributed by atoms with E-state index in [0.717, 1.165) is 16.9 Å². The Morgan fingerprint density at radius 3 is 2.36 bits per heavy atom. The van der Waals surface area contributed by atoms with E-state index in [-0.39, 0.29) is 11.9 Å². The quantitative estimate of drug-likeness (QED) is 0.826. The summed E-state index contributed by atoms with van der Waals surface area (Å²) in [5.41, 5.74) is 2.09. The molecule has 116 valence electrons. The van der Waals surface area contributed by atoms with E-state index in [4.69, 9.17) is 17.0 Å². The summed E-state index contributed by atoms with van der Waals surface area (Å²) in [4.78, 5) is 0. The Morgan fingerprint density at radius 1 is 1.14 bits per heavy atom. The van der Waals surface area contributed by atoms with Crippen LogP contribution in [0.4, 0.5) is 4.39 Å². The van der Waals surface area contributed by atoms with Gasteiger partial charge in [0.1, 0.15) is 11.6 Å². The molecule has 3 nitrogen and oxygen atoms in total. The molecule has 22 heavy (non-hydrogen) atoms. The Hall–Kier alpha value is -2.14. The highest BCUT2D eigenvalue weighted by Gasteiger charge is 2.07. The largest absolute Gasteiger partial charge is 0.497 e. The molecule has 0 unspecified atom stereocenters. The van der Waals surface area contributed by atoms with Crippen molar-refractivity contribution in [3.05, 3.63) is 65.5 Å². The second-order valence-electron chi connectivity index (χ2n) is 4.95. The van der Waals surface area contributed by atoms with Gasteiger partial charge in [0.15, 0.2) is 5.11 Å². The van der Waals surface area contributed by atoms with E-state index in [2.05, 4.69) is 10.6 Å². The first kappa shape index (κ1) is 16.2. The second kappa shape index (κ2) is 7.75. The molecule has 0 spiro atoms. The molecule has 0 aliphatic rings. The lowest BCUT2D eigenvalue weighted by Crippen LogP contribution is -2.36. The number of ether oxygens (including phenoxy) is 1. The van der Waals surface area contributed by atoms with Gasteiger partial charge in [-0.2, -0.15) is 0 Å². The van der Waals surface area contributed by atoms with Crippen molar-refractivity contribution < 1.29 is 9.13 Å². The third kappa shape index (κ3) is 4.70. The standard InChI is InChI=1S/C17H19FN2OS/c1-12(14-5-7-15(18)8-6-14)20-17(22)19-11-13-3-9-16(21-2)10-4-13/h3-10,12H,11H2,1-2H3,(H2,19,20,22)/t12-/m1/s1. The third-order valence-electron chi connectivity index (χ3n) is 3.33. The summed E-state index contributed by atoms with van der Waals surface area (Å²) in [5.74, 6) is 0.588. The summed E-state index contributed by atoms with van der Waals surface area (Å²) in [5, 5.41) is 6.90. The van der Waals surface area contributed by atoms with E-state index < -0.39 is 0 Å². The van der Waals surface area contributed by atoms with Gasteiger partial charge < -0.3 is 15.4 Å². The van der Waals surface area contributed by atoms with Gasteiger partial charge in [0.2, 0.25) is 0 Å². The lowest BCUT2D eigenvalue weighted by Gasteiger charge is -2.17. The number of benzene rings is 2. The number of halogens is 1. The van der Waals surface area contributed by atoms with Gasteiger partial charge >= 0.3 is 0 Å². The molecule has 2 aromatic carbocycles. The SMILES string of the molecule is COc1ccc(CNC(=S)N[C@H](C)c2ccc(F)cc2)cc1. The maximum absolute atomic E-state index is 12.9. The molecule has 2 rings (SSSR count). The summed E-state index contributed by atoms with van der Waals surface area (Å²) in [7, 11) is 1.64. The molecule has 0 aromatic heterocycles. The molecule has 2 aromatic rings. The lowest BCUT2D eigenvalue weighted by atomic mass is 10.1. The summed E-state index contributed by atoms with van der Waals surface area (Å²) in [6, 6.07) is 14.2. The summed E-state index contributed by atoms with van der Waals surface area (Å²) in [6.45, 7) is 2.61. The van der Waals surface area contributed by atoms with Crippen molar-refractivity contribution in [1.82, 2.24) is 10.6 Å². The van der Waals surface area contributed by atoms with Crippen LogP contribution in [0.25, 0.3) is 0 Å². The lowest BCUT2D eigenvalue weighted by molar-refractivity contribution is 0.414. The summed E-state index contributed by atoms with van der Waals surface area (Å²) in [6.07, 6.45) is 0. The van der Waals surface area contributed by atoms with Gasteiger partial charge in [0.25, 0.3) is 0 Å². The van der Waals surface area contributed by atoms with Gasteiger partial charge in [-0.1, -0.05) is 24.3 Å². The number of nitrogens with one attached hydrogen (secondary N) is 2. The van der Waals surface area contributed by atoms with Crippen LogP contribution < -0.4 is 15.4 Å². The molecule has 0 radical (unpaired) electrons. The van der Waals surface area contributed by atoms with Crippen LogP contribution in [0, 0.1) is 5.82 Å². The predicted molar refractivity (Wildman–Crippen MR) is 90.4 cm³/mol. The topological polar surface area (TPSA) is 33.3 Å². The van der Waals surface area contributed by atoms with Gasteiger partial charge in [0, 0.05) is 6.54 Å². The average molecular weight is 318 g/mol. The molecule has 0 heterocycles. The van der Waals surface area contributed by atoms with Crippen LogP contribution in [0.15, 0.2) is 48.5 Å². The van der Waals surface area contributed by atoms with Crippen LogP contribution in [-0.2, 0) is 6.54 Å². The zero-order chi connectivity index (χ0) is 15.9. The monoisotopic (exact) mass is 318 g/mol. The number of rotatable bonds is 5. The van der Waals surface area contributed by atoms with Gasteiger partial charge in [-0.25, -0.2) is 4.39 Å². The van der Waals surface area contributed by atoms with Crippen molar-refractivity contribution >= 4 is 17.3 Å². The fourth-order valence-electron chi connectivity index (χ4n) is 2.01. The zero-order valence-electron chi connectivity index (χ0n) is 12.6. The summed E-state index contributed by atoms with van der Waals surface area (Å²) >= 11 is 5.28. The Balaban J connectivity index is 1.83. The van der Waals surface area contributed by atoms with Crippen molar-refractivity contribution in [3.63, 3.8) is 0 Å². The molecule has 5 heteroatoms. The van der Waals surface area contributed by atoms with Gasteiger partial charge in [-0.05, 0) is 54.5 Å².